The van der Waals surface area contributed by atoms with E-state index >= 15 is 0 Å². The second kappa shape index (κ2) is 3.02. The molecule has 1 atom stereocenters. The van der Waals surface area contributed by atoms with Crippen molar-refractivity contribution in [2.75, 3.05) is 0 Å². The summed E-state index contributed by atoms with van der Waals surface area (Å²) in [5.41, 5.74) is 0. The largest absolute Gasteiger partial charge is 0.334 e. The fourth-order valence-electron chi connectivity index (χ4n) is 0.768. The zero-order valence-corrected chi connectivity index (χ0v) is 5.86. The molecule has 3 nitrogen and oxygen atoms in total. The van der Waals surface area contributed by atoms with Gasteiger partial charge in [0.05, 0.1) is 18.8 Å². The Morgan fingerprint density at radius 3 is 3.10 bits per heavy atom. The molecular weight excluding hydrogens is 126 g/mol. The molecule has 0 aliphatic heterocycles. The van der Waals surface area contributed by atoms with Gasteiger partial charge in [-0.1, -0.05) is 0 Å². The van der Waals surface area contributed by atoms with Crippen LogP contribution in [0, 0.1) is 11.3 Å². The van der Waals surface area contributed by atoms with Gasteiger partial charge >= 0.3 is 0 Å². The molecule has 1 aromatic rings. The Labute approximate surface area is 59.9 Å². The van der Waals surface area contributed by atoms with Crippen molar-refractivity contribution in [3.63, 3.8) is 0 Å². The molecule has 0 radical (unpaired) electrons. The number of nitriles is 1. The lowest BCUT2D eigenvalue weighted by atomic mass is 10.2. The van der Waals surface area contributed by atoms with E-state index in [1.54, 1.807) is 12.5 Å². The van der Waals surface area contributed by atoms with Gasteiger partial charge in [0.25, 0.3) is 0 Å². The highest BCUT2D eigenvalue weighted by molar-refractivity contribution is 4.83. The molecule has 0 aliphatic carbocycles. The third-order valence-electron chi connectivity index (χ3n) is 1.42. The number of imidazole rings is 1. The molecule has 0 bridgehead atoms. The Morgan fingerprint density at radius 2 is 2.60 bits per heavy atom. The highest BCUT2D eigenvalue weighted by Gasteiger charge is 2.00. The average molecular weight is 135 g/mol. The van der Waals surface area contributed by atoms with E-state index in [9.17, 15) is 0 Å². The van der Waals surface area contributed by atoms with E-state index in [4.69, 9.17) is 5.26 Å². The standard InChI is InChI=1S/C7H9N3/c1-7(2-3-8)10-5-4-9-6-10/h4-7H,2H2,1H3. The molecule has 0 amide bonds. The van der Waals surface area contributed by atoms with Crippen LogP contribution < -0.4 is 0 Å². The minimum Gasteiger partial charge on any atom is -0.334 e. The molecule has 0 N–H and O–H groups in total. The van der Waals surface area contributed by atoms with Crippen molar-refractivity contribution >= 4 is 0 Å². The Kier molecular flexibility index (Phi) is 2.06. The van der Waals surface area contributed by atoms with Crippen molar-refractivity contribution in [2.45, 2.75) is 19.4 Å². The van der Waals surface area contributed by atoms with Crippen LogP contribution in [0.15, 0.2) is 18.7 Å². The summed E-state index contributed by atoms with van der Waals surface area (Å²) in [6.07, 6.45) is 5.84. The van der Waals surface area contributed by atoms with Crippen LogP contribution in [0.1, 0.15) is 19.4 Å². The first-order valence-electron chi connectivity index (χ1n) is 3.19. The van der Waals surface area contributed by atoms with Crippen molar-refractivity contribution in [1.82, 2.24) is 9.55 Å². The molecule has 1 unspecified atom stereocenters. The molecule has 0 spiro atoms. The van der Waals surface area contributed by atoms with Crippen molar-refractivity contribution in [1.29, 1.82) is 5.26 Å². The third kappa shape index (κ3) is 1.35. The van der Waals surface area contributed by atoms with Gasteiger partial charge in [-0.25, -0.2) is 4.98 Å². The fraction of sp³-hybridized carbons (Fsp3) is 0.429. The summed E-state index contributed by atoms with van der Waals surface area (Å²) in [6, 6.07) is 2.35. The molecule has 52 valence electrons. The van der Waals surface area contributed by atoms with Crippen molar-refractivity contribution in [3.05, 3.63) is 18.7 Å². The summed E-state index contributed by atoms with van der Waals surface area (Å²) in [5.74, 6) is 0. The number of nitrogens with zero attached hydrogens (tertiary/aromatic N) is 3. The third-order valence-corrected chi connectivity index (χ3v) is 1.42. The monoisotopic (exact) mass is 135 g/mol. The van der Waals surface area contributed by atoms with Gasteiger partial charge in [-0.15, -0.1) is 0 Å². The predicted octanol–water partition coefficient (Wildman–Crippen LogP) is 1.36. The highest BCUT2D eigenvalue weighted by atomic mass is 15.0. The highest BCUT2D eigenvalue weighted by Crippen LogP contribution is 2.07. The van der Waals surface area contributed by atoms with Gasteiger partial charge in [0, 0.05) is 18.4 Å². The number of aromatic nitrogens is 2. The molecule has 0 aliphatic rings. The van der Waals surface area contributed by atoms with Crippen LogP contribution >= 0.6 is 0 Å². The molecular formula is C7H9N3. The van der Waals surface area contributed by atoms with E-state index in [-0.39, 0.29) is 6.04 Å². The molecule has 1 rings (SSSR count). The summed E-state index contributed by atoms with van der Waals surface area (Å²) in [4.78, 5) is 3.88. The van der Waals surface area contributed by atoms with E-state index < -0.39 is 0 Å². The fourth-order valence-corrected chi connectivity index (χ4v) is 0.768. The minimum absolute atomic E-state index is 0.243. The quantitative estimate of drug-likeness (QED) is 0.614. The van der Waals surface area contributed by atoms with Gasteiger partial charge in [-0.3, -0.25) is 0 Å². The van der Waals surface area contributed by atoms with Crippen LogP contribution in [-0.2, 0) is 0 Å². The van der Waals surface area contributed by atoms with Crippen LogP contribution in [0.5, 0.6) is 0 Å². The number of hydrogen-bond donors (Lipinski definition) is 0. The molecule has 3 heteroatoms. The normalized spacial score (nSPS) is 12.4. The minimum atomic E-state index is 0.243. The summed E-state index contributed by atoms with van der Waals surface area (Å²) in [5, 5.41) is 8.35. The second-order valence-corrected chi connectivity index (χ2v) is 2.22. The topological polar surface area (TPSA) is 41.6 Å². The second-order valence-electron chi connectivity index (χ2n) is 2.22. The smallest absolute Gasteiger partial charge is 0.0948 e. The van der Waals surface area contributed by atoms with Gasteiger partial charge in [0.2, 0.25) is 0 Å². The maximum atomic E-state index is 8.35. The average Bonchev–Trinajstić information content (AvgIpc) is 2.38. The lowest BCUT2D eigenvalue weighted by molar-refractivity contribution is 0.559. The number of hydrogen-bond acceptors (Lipinski definition) is 2. The van der Waals surface area contributed by atoms with Crippen LogP contribution in [0.2, 0.25) is 0 Å². The Morgan fingerprint density at radius 1 is 1.80 bits per heavy atom. The van der Waals surface area contributed by atoms with Gasteiger partial charge in [-0.05, 0) is 6.92 Å². The Balaban J connectivity index is 2.61. The lowest BCUT2D eigenvalue weighted by Crippen LogP contribution is -2.00. The van der Waals surface area contributed by atoms with Crippen molar-refractivity contribution in [2.24, 2.45) is 0 Å². The SMILES string of the molecule is CC(CC#N)n1ccnc1. The first-order chi connectivity index (χ1) is 4.84. The zero-order chi connectivity index (χ0) is 7.40. The van der Waals surface area contributed by atoms with Crippen molar-refractivity contribution < 1.29 is 0 Å². The maximum absolute atomic E-state index is 8.35. The van der Waals surface area contributed by atoms with E-state index in [1.165, 1.54) is 0 Å². The van der Waals surface area contributed by atoms with Crippen LogP contribution in [0.3, 0.4) is 0 Å². The maximum Gasteiger partial charge on any atom is 0.0948 e. The zero-order valence-electron chi connectivity index (χ0n) is 5.86. The van der Waals surface area contributed by atoms with Crippen molar-refractivity contribution in [3.8, 4) is 6.07 Å². The molecule has 10 heavy (non-hydrogen) atoms. The summed E-state index contributed by atoms with van der Waals surface area (Å²) in [6.45, 7) is 1.99. The van der Waals surface area contributed by atoms with E-state index in [0.717, 1.165) is 0 Å². The molecule has 0 aromatic carbocycles. The molecule has 1 heterocycles. The van der Waals surface area contributed by atoms with Gasteiger partial charge in [0.1, 0.15) is 0 Å². The summed E-state index contributed by atoms with van der Waals surface area (Å²) >= 11 is 0. The lowest BCUT2D eigenvalue weighted by Gasteiger charge is -2.06. The summed E-state index contributed by atoms with van der Waals surface area (Å²) < 4.78 is 1.92. The van der Waals surface area contributed by atoms with Gasteiger partial charge in [-0.2, -0.15) is 5.26 Å². The van der Waals surface area contributed by atoms with E-state index in [2.05, 4.69) is 11.1 Å². The number of rotatable bonds is 2. The molecule has 1 aromatic heterocycles. The summed E-state index contributed by atoms with van der Waals surface area (Å²) in [7, 11) is 0. The van der Waals surface area contributed by atoms with E-state index in [1.807, 2.05) is 17.7 Å². The van der Waals surface area contributed by atoms with Crippen LogP contribution in [0.25, 0.3) is 0 Å². The van der Waals surface area contributed by atoms with E-state index in [0.29, 0.717) is 6.42 Å². The molecule has 0 fully saturated rings. The molecule has 0 saturated heterocycles. The van der Waals surface area contributed by atoms with Crippen LogP contribution in [0.4, 0.5) is 0 Å². The molecule has 0 saturated carbocycles. The van der Waals surface area contributed by atoms with Gasteiger partial charge < -0.3 is 4.57 Å². The predicted molar refractivity (Wildman–Crippen MR) is 37.2 cm³/mol. The van der Waals surface area contributed by atoms with Gasteiger partial charge in [0.15, 0.2) is 0 Å². The first-order valence-corrected chi connectivity index (χ1v) is 3.19. The Hall–Kier alpha value is -1.30. The first kappa shape index (κ1) is 6.81. The van der Waals surface area contributed by atoms with Crippen LogP contribution in [-0.4, -0.2) is 9.55 Å². The Bertz CT molecular complexity index is 219.